The van der Waals surface area contributed by atoms with Gasteiger partial charge in [-0.25, -0.2) is 0 Å². The molecule has 1 aromatic heterocycles. The number of furan rings is 1. The molecule has 2 aromatic rings. The zero-order valence-corrected chi connectivity index (χ0v) is 12.3. The summed E-state index contributed by atoms with van der Waals surface area (Å²) in [6.07, 6.45) is 4.10. The molecule has 110 valence electrons. The predicted molar refractivity (Wildman–Crippen MR) is 82.5 cm³/mol. The summed E-state index contributed by atoms with van der Waals surface area (Å²) in [7, 11) is 0. The molecule has 1 aliphatic rings. The predicted octanol–water partition coefficient (Wildman–Crippen LogP) is 3.12. The number of carbonyl (C=O) groups is 1. The number of anilines is 1. The number of aryl methyl sites for hydroxylation is 1. The Morgan fingerprint density at radius 3 is 2.52 bits per heavy atom. The molecule has 1 aromatic carbocycles. The Morgan fingerprint density at radius 2 is 1.90 bits per heavy atom. The average molecular weight is 284 g/mol. The molecule has 1 saturated heterocycles. The summed E-state index contributed by atoms with van der Waals surface area (Å²) in [5.74, 6) is 0.557. The highest BCUT2D eigenvalue weighted by Gasteiger charge is 2.13. The van der Waals surface area contributed by atoms with Gasteiger partial charge in [-0.05, 0) is 43.5 Å². The lowest BCUT2D eigenvalue weighted by Crippen LogP contribution is -2.23. The highest BCUT2D eigenvalue weighted by molar-refractivity contribution is 5.94. The maximum Gasteiger partial charge on any atom is 0.255 e. The summed E-state index contributed by atoms with van der Waals surface area (Å²) in [6, 6.07) is 10.1. The fraction of sp³-hybridized carbons (Fsp3) is 0.353. The van der Waals surface area contributed by atoms with Crippen molar-refractivity contribution < 1.29 is 9.21 Å². The molecule has 1 amide bonds. The van der Waals surface area contributed by atoms with Crippen molar-refractivity contribution in [1.82, 2.24) is 5.32 Å². The van der Waals surface area contributed by atoms with Crippen LogP contribution in [0.1, 0.15) is 34.5 Å². The molecule has 3 rings (SSSR count). The second-order valence-electron chi connectivity index (χ2n) is 5.43. The summed E-state index contributed by atoms with van der Waals surface area (Å²) in [4.78, 5) is 14.4. The summed E-state index contributed by atoms with van der Waals surface area (Å²) in [5, 5.41) is 2.92. The van der Waals surface area contributed by atoms with E-state index in [2.05, 4.69) is 34.5 Å². The second kappa shape index (κ2) is 6.04. The fourth-order valence-electron chi connectivity index (χ4n) is 2.70. The summed E-state index contributed by atoms with van der Waals surface area (Å²) in [6.45, 7) is 4.62. The van der Waals surface area contributed by atoms with Gasteiger partial charge >= 0.3 is 0 Å². The number of benzene rings is 1. The first-order chi connectivity index (χ1) is 10.2. The van der Waals surface area contributed by atoms with E-state index in [4.69, 9.17) is 4.42 Å². The molecule has 0 unspecified atom stereocenters. The maximum atomic E-state index is 12.0. The minimum atomic E-state index is -0.0927. The number of carbonyl (C=O) groups excluding carboxylic acids is 1. The van der Waals surface area contributed by atoms with Crippen LogP contribution in [0.4, 0.5) is 5.69 Å². The molecule has 0 aliphatic carbocycles. The van der Waals surface area contributed by atoms with E-state index in [1.54, 1.807) is 13.0 Å². The van der Waals surface area contributed by atoms with Gasteiger partial charge in [0.05, 0.1) is 11.8 Å². The molecule has 4 heteroatoms. The van der Waals surface area contributed by atoms with Crippen molar-refractivity contribution in [2.24, 2.45) is 0 Å². The molecule has 0 atom stereocenters. The molecule has 1 N–H and O–H groups in total. The Balaban J connectivity index is 1.58. The molecule has 1 aliphatic heterocycles. The van der Waals surface area contributed by atoms with Crippen molar-refractivity contribution >= 4 is 11.6 Å². The molecular weight excluding hydrogens is 264 g/mol. The molecule has 1 fully saturated rings. The van der Waals surface area contributed by atoms with Crippen LogP contribution in [0.25, 0.3) is 0 Å². The SMILES string of the molecule is Cc1occc1C(=O)NCc1ccc(N2CCCC2)cc1. The summed E-state index contributed by atoms with van der Waals surface area (Å²) >= 11 is 0. The van der Waals surface area contributed by atoms with Crippen molar-refractivity contribution in [2.45, 2.75) is 26.3 Å². The topological polar surface area (TPSA) is 45.5 Å². The Bertz CT molecular complexity index is 610. The van der Waals surface area contributed by atoms with E-state index in [9.17, 15) is 4.79 Å². The van der Waals surface area contributed by atoms with Gasteiger partial charge in [-0.3, -0.25) is 4.79 Å². The minimum Gasteiger partial charge on any atom is -0.469 e. The molecule has 21 heavy (non-hydrogen) atoms. The lowest BCUT2D eigenvalue weighted by Gasteiger charge is -2.17. The van der Waals surface area contributed by atoms with Gasteiger partial charge in [-0.2, -0.15) is 0 Å². The molecule has 4 nitrogen and oxygen atoms in total. The number of rotatable bonds is 4. The third-order valence-electron chi connectivity index (χ3n) is 3.96. The summed E-state index contributed by atoms with van der Waals surface area (Å²) in [5.41, 5.74) is 2.98. The molecule has 0 saturated carbocycles. The van der Waals surface area contributed by atoms with Gasteiger partial charge in [-0.1, -0.05) is 12.1 Å². The van der Waals surface area contributed by atoms with E-state index >= 15 is 0 Å². The lowest BCUT2D eigenvalue weighted by molar-refractivity contribution is 0.0949. The lowest BCUT2D eigenvalue weighted by atomic mass is 10.2. The first-order valence-electron chi connectivity index (χ1n) is 7.40. The third-order valence-corrected chi connectivity index (χ3v) is 3.96. The molecule has 0 spiro atoms. The van der Waals surface area contributed by atoms with Crippen LogP contribution < -0.4 is 10.2 Å². The number of nitrogens with one attached hydrogen (secondary N) is 1. The monoisotopic (exact) mass is 284 g/mol. The van der Waals surface area contributed by atoms with E-state index in [1.165, 1.54) is 24.8 Å². The Morgan fingerprint density at radius 1 is 1.19 bits per heavy atom. The van der Waals surface area contributed by atoms with Crippen molar-refractivity contribution in [1.29, 1.82) is 0 Å². The number of hydrogen-bond acceptors (Lipinski definition) is 3. The van der Waals surface area contributed by atoms with Gasteiger partial charge in [0, 0.05) is 25.3 Å². The number of amides is 1. The van der Waals surface area contributed by atoms with Gasteiger partial charge < -0.3 is 14.6 Å². The van der Waals surface area contributed by atoms with Crippen LogP contribution in [0.2, 0.25) is 0 Å². The molecular formula is C17H20N2O2. The smallest absolute Gasteiger partial charge is 0.255 e. The minimum absolute atomic E-state index is 0.0927. The van der Waals surface area contributed by atoms with E-state index < -0.39 is 0 Å². The van der Waals surface area contributed by atoms with Crippen LogP contribution in [-0.2, 0) is 6.54 Å². The fourth-order valence-corrected chi connectivity index (χ4v) is 2.70. The van der Waals surface area contributed by atoms with Gasteiger partial charge in [0.15, 0.2) is 0 Å². The van der Waals surface area contributed by atoms with Crippen LogP contribution in [-0.4, -0.2) is 19.0 Å². The molecule has 2 heterocycles. The number of nitrogens with zero attached hydrogens (tertiary/aromatic N) is 1. The van der Waals surface area contributed by atoms with Crippen LogP contribution in [0.15, 0.2) is 41.0 Å². The highest BCUT2D eigenvalue weighted by Crippen LogP contribution is 2.20. The second-order valence-corrected chi connectivity index (χ2v) is 5.43. The van der Waals surface area contributed by atoms with Crippen molar-refractivity contribution in [3.63, 3.8) is 0 Å². The van der Waals surface area contributed by atoms with Gasteiger partial charge in [0.2, 0.25) is 0 Å². The van der Waals surface area contributed by atoms with Gasteiger partial charge in [0.1, 0.15) is 5.76 Å². The van der Waals surface area contributed by atoms with Crippen molar-refractivity contribution in [3.05, 3.63) is 53.5 Å². The van der Waals surface area contributed by atoms with E-state index in [0.717, 1.165) is 18.7 Å². The van der Waals surface area contributed by atoms with Crippen LogP contribution in [0, 0.1) is 6.92 Å². The largest absolute Gasteiger partial charge is 0.469 e. The molecule has 0 radical (unpaired) electrons. The van der Waals surface area contributed by atoms with Crippen LogP contribution in [0.5, 0.6) is 0 Å². The Labute approximate surface area is 124 Å². The Hall–Kier alpha value is -2.23. The van der Waals surface area contributed by atoms with E-state index in [0.29, 0.717) is 17.9 Å². The van der Waals surface area contributed by atoms with Crippen LogP contribution in [0.3, 0.4) is 0 Å². The van der Waals surface area contributed by atoms with Gasteiger partial charge in [-0.15, -0.1) is 0 Å². The highest BCUT2D eigenvalue weighted by atomic mass is 16.3. The average Bonchev–Trinajstić information content (AvgIpc) is 3.16. The van der Waals surface area contributed by atoms with Crippen molar-refractivity contribution in [3.8, 4) is 0 Å². The van der Waals surface area contributed by atoms with Crippen molar-refractivity contribution in [2.75, 3.05) is 18.0 Å². The maximum absolute atomic E-state index is 12.0. The third kappa shape index (κ3) is 3.10. The van der Waals surface area contributed by atoms with Gasteiger partial charge in [0.25, 0.3) is 5.91 Å². The standard InChI is InChI=1S/C17H20N2O2/c1-13-16(8-11-21-13)17(20)18-12-14-4-6-15(7-5-14)19-9-2-3-10-19/h4-8,11H,2-3,9-10,12H2,1H3,(H,18,20). The zero-order chi connectivity index (χ0) is 14.7. The van der Waals surface area contributed by atoms with E-state index in [-0.39, 0.29) is 5.91 Å². The van der Waals surface area contributed by atoms with Crippen LogP contribution >= 0.6 is 0 Å². The normalized spacial score (nSPS) is 14.4. The number of hydrogen-bond donors (Lipinski definition) is 1. The first kappa shape index (κ1) is 13.7. The summed E-state index contributed by atoms with van der Waals surface area (Å²) < 4.78 is 5.14. The van der Waals surface area contributed by atoms with E-state index in [1.807, 2.05) is 0 Å². The zero-order valence-electron chi connectivity index (χ0n) is 12.3. The Kier molecular flexibility index (Phi) is 3.95. The quantitative estimate of drug-likeness (QED) is 0.938. The molecule has 0 bridgehead atoms. The first-order valence-corrected chi connectivity index (χ1v) is 7.40.